The molecule has 1 unspecified atom stereocenters. The first-order valence-electron chi connectivity index (χ1n) is 9.31. The van der Waals surface area contributed by atoms with Crippen molar-refractivity contribution in [2.24, 2.45) is 5.92 Å². The van der Waals surface area contributed by atoms with Crippen molar-refractivity contribution in [2.45, 2.75) is 39.8 Å². The average Bonchev–Trinajstić information content (AvgIpc) is 2.67. The zero-order valence-corrected chi connectivity index (χ0v) is 16.9. The van der Waals surface area contributed by atoms with Crippen molar-refractivity contribution in [1.82, 2.24) is 10.2 Å². The molecule has 0 spiro atoms. The molecule has 144 valence electrons. The van der Waals surface area contributed by atoms with Gasteiger partial charge in [0.1, 0.15) is 6.04 Å². The first-order chi connectivity index (χ1) is 12.9. The van der Waals surface area contributed by atoms with Gasteiger partial charge >= 0.3 is 0 Å². The van der Waals surface area contributed by atoms with Crippen molar-refractivity contribution in [1.29, 1.82) is 0 Å². The van der Waals surface area contributed by atoms with Crippen molar-refractivity contribution in [3.63, 3.8) is 0 Å². The number of halogens is 1. The molecule has 0 aliphatic rings. The number of carbonyl (C=O) groups excluding carboxylic acids is 2. The molecule has 0 heterocycles. The second kappa shape index (κ2) is 10.1. The van der Waals surface area contributed by atoms with Crippen LogP contribution in [0.25, 0.3) is 0 Å². The normalized spacial score (nSPS) is 11.9. The van der Waals surface area contributed by atoms with Crippen molar-refractivity contribution in [2.75, 3.05) is 6.54 Å². The van der Waals surface area contributed by atoms with E-state index in [9.17, 15) is 9.59 Å². The molecule has 2 aromatic carbocycles. The predicted molar refractivity (Wildman–Crippen MR) is 109 cm³/mol. The van der Waals surface area contributed by atoms with Gasteiger partial charge in [-0.1, -0.05) is 74.8 Å². The fraction of sp³-hybridized carbons (Fsp3) is 0.364. The van der Waals surface area contributed by atoms with Gasteiger partial charge in [-0.2, -0.15) is 0 Å². The zero-order chi connectivity index (χ0) is 19.8. The van der Waals surface area contributed by atoms with Gasteiger partial charge in [-0.3, -0.25) is 9.59 Å². The molecule has 0 aliphatic heterocycles. The number of hydrogen-bond donors (Lipinski definition) is 1. The molecule has 1 N–H and O–H groups in total. The highest BCUT2D eigenvalue weighted by Crippen LogP contribution is 2.26. The maximum absolute atomic E-state index is 13.0. The zero-order valence-electron chi connectivity index (χ0n) is 16.1. The Labute approximate surface area is 166 Å². The summed E-state index contributed by atoms with van der Waals surface area (Å²) < 4.78 is 0. The van der Waals surface area contributed by atoms with Crippen LogP contribution >= 0.6 is 11.6 Å². The Hall–Kier alpha value is -2.33. The summed E-state index contributed by atoms with van der Waals surface area (Å²) in [5.74, 6) is -0.445. The molecule has 27 heavy (non-hydrogen) atoms. The molecule has 0 saturated heterocycles. The third kappa shape index (κ3) is 5.83. The highest BCUT2D eigenvalue weighted by atomic mass is 35.5. The SMILES string of the molecule is CCCNC(=O)C(c1ccccc1)N(Cc1ccc(Cl)cc1)C(=O)C(C)C. The summed E-state index contributed by atoms with van der Waals surface area (Å²) in [6.45, 7) is 6.62. The van der Waals surface area contributed by atoms with Crippen LogP contribution in [0.4, 0.5) is 0 Å². The van der Waals surface area contributed by atoms with Crippen LogP contribution in [0.2, 0.25) is 5.02 Å². The van der Waals surface area contributed by atoms with Gasteiger partial charge in [0.2, 0.25) is 11.8 Å². The number of nitrogens with zero attached hydrogens (tertiary/aromatic N) is 1. The van der Waals surface area contributed by atoms with Crippen LogP contribution in [0.15, 0.2) is 54.6 Å². The number of hydrogen-bond acceptors (Lipinski definition) is 2. The van der Waals surface area contributed by atoms with Crippen LogP contribution in [-0.4, -0.2) is 23.3 Å². The highest BCUT2D eigenvalue weighted by molar-refractivity contribution is 6.30. The molecule has 0 saturated carbocycles. The second-order valence-electron chi connectivity index (χ2n) is 6.85. The Morgan fingerprint density at radius 2 is 1.67 bits per heavy atom. The Kier molecular flexibility index (Phi) is 7.86. The first-order valence-corrected chi connectivity index (χ1v) is 9.69. The molecule has 5 heteroatoms. The number of rotatable bonds is 8. The standard InChI is InChI=1S/C22H27ClN2O2/c1-4-14-24-21(26)20(18-8-6-5-7-9-18)25(22(27)16(2)3)15-17-10-12-19(23)13-11-17/h5-13,16,20H,4,14-15H2,1-3H3,(H,24,26). The maximum Gasteiger partial charge on any atom is 0.247 e. The molecular weight excluding hydrogens is 360 g/mol. The predicted octanol–water partition coefficient (Wildman–Crippen LogP) is 4.59. The lowest BCUT2D eigenvalue weighted by Crippen LogP contribution is -2.45. The molecular formula is C22H27ClN2O2. The lowest BCUT2D eigenvalue weighted by molar-refractivity contribution is -0.144. The molecule has 1 atom stereocenters. The number of benzene rings is 2. The quantitative estimate of drug-likeness (QED) is 0.721. The smallest absolute Gasteiger partial charge is 0.247 e. The minimum absolute atomic E-state index is 0.0644. The summed E-state index contributed by atoms with van der Waals surface area (Å²) in [7, 11) is 0. The van der Waals surface area contributed by atoms with E-state index < -0.39 is 6.04 Å². The Balaban J connectivity index is 2.43. The molecule has 4 nitrogen and oxygen atoms in total. The van der Waals surface area contributed by atoms with Crippen LogP contribution in [0, 0.1) is 5.92 Å². The van der Waals surface area contributed by atoms with Crippen LogP contribution in [0.3, 0.4) is 0 Å². The Morgan fingerprint density at radius 3 is 2.22 bits per heavy atom. The fourth-order valence-electron chi connectivity index (χ4n) is 2.87. The van der Waals surface area contributed by atoms with Gasteiger partial charge in [-0.05, 0) is 29.7 Å². The van der Waals surface area contributed by atoms with E-state index in [2.05, 4.69) is 5.32 Å². The van der Waals surface area contributed by atoms with E-state index in [0.29, 0.717) is 18.1 Å². The van der Waals surface area contributed by atoms with Crippen molar-refractivity contribution in [3.05, 3.63) is 70.7 Å². The first kappa shape index (κ1) is 21.0. The minimum Gasteiger partial charge on any atom is -0.354 e. The van der Waals surface area contributed by atoms with Gasteiger partial charge < -0.3 is 10.2 Å². The highest BCUT2D eigenvalue weighted by Gasteiger charge is 2.32. The maximum atomic E-state index is 13.0. The molecule has 0 aliphatic carbocycles. The van der Waals surface area contributed by atoms with E-state index in [1.807, 2.05) is 63.2 Å². The summed E-state index contributed by atoms with van der Waals surface area (Å²) in [6.07, 6.45) is 0.836. The largest absolute Gasteiger partial charge is 0.354 e. The summed E-state index contributed by atoms with van der Waals surface area (Å²) >= 11 is 5.98. The summed E-state index contributed by atoms with van der Waals surface area (Å²) in [5, 5.41) is 3.59. The van der Waals surface area contributed by atoms with Crippen molar-refractivity contribution < 1.29 is 9.59 Å². The van der Waals surface area contributed by atoms with Gasteiger partial charge in [0.05, 0.1) is 0 Å². The molecule has 0 aromatic heterocycles. The van der Waals surface area contributed by atoms with E-state index in [1.165, 1.54) is 0 Å². The van der Waals surface area contributed by atoms with Crippen LogP contribution in [-0.2, 0) is 16.1 Å². The van der Waals surface area contributed by atoms with Gasteiger partial charge in [0.25, 0.3) is 0 Å². The summed E-state index contributed by atoms with van der Waals surface area (Å²) in [4.78, 5) is 27.7. The topological polar surface area (TPSA) is 49.4 Å². The molecule has 0 radical (unpaired) electrons. The molecule has 2 rings (SSSR count). The fourth-order valence-corrected chi connectivity index (χ4v) is 2.99. The summed E-state index contributed by atoms with van der Waals surface area (Å²) in [5.41, 5.74) is 1.73. The monoisotopic (exact) mass is 386 g/mol. The Bertz CT molecular complexity index is 745. The molecule has 2 amide bonds. The van der Waals surface area contributed by atoms with Crippen molar-refractivity contribution in [3.8, 4) is 0 Å². The number of nitrogens with one attached hydrogen (secondary N) is 1. The second-order valence-corrected chi connectivity index (χ2v) is 7.29. The van der Waals surface area contributed by atoms with Gasteiger partial charge in [0, 0.05) is 24.0 Å². The van der Waals surface area contributed by atoms with Crippen molar-refractivity contribution >= 4 is 23.4 Å². The number of carbonyl (C=O) groups is 2. The van der Waals surface area contributed by atoms with E-state index in [1.54, 1.807) is 17.0 Å². The molecule has 0 bridgehead atoms. The third-order valence-corrected chi connectivity index (χ3v) is 4.52. The molecule has 0 fully saturated rings. The van der Waals surface area contributed by atoms with Crippen LogP contribution in [0.1, 0.15) is 44.4 Å². The van der Waals surface area contributed by atoms with E-state index >= 15 is 0 Å². The van der Waals surface area contributed by atoms with Crippen LogP contribution in [0.5, 0.6) is 0 Å². The Morgan fingerprint density at radius 1 is 1.04 bits per heavy atom. The van der Waals surface area contributed by atoms with E-state index in [0.717, 1.165) is 17.5 Å². The lowest BCUT2D eigenvalue weighted by atomic mass is 10.0. The average molecular weight is 387 g/mol. The van der Waals surface area contributed by atoms with E-state index in [4.69, 9.17) is 11.6 Å². The third-order valence-electron chi connectivity index (χ3n) is 4.27. The summed E-state index contributed by atoms with van der Waals surface area (Å²) in [6, 6.07) is 16.1. The molecule has 2 aromatic rings. The van der Waals surface area contributed by atoms with E-state index in [-0.39, 0.29) is 17.7 Å². The lowest BCUT2D eigenvalue weighted by Gasteiger charge is -2.33. The van der Waals surface area contributed by atoms with Gasteiger partial charge in [0.15, 0.2) is 0 Å². The number of amides is 2. The van der Waals surface area contributed by atoms with Gasteiger partial charge in [-0.15, -0.1) is 0 Å². The minimum atomic E-state index is -0.677. The van der Waals surface area contributed by atoms with Crippen LogP contribution < -0.4 is 5.32 Å². The van der Waals surface area contributed by atoms with Gasteiger partial charge in [-0.25, -0.2) is 0 Å².